The number of rotatable bonds is 1. The molecule has 4 heteroatoms. The van der Waals surface area contributed by atoms with Crippen LogP contribution in [0.3, 0.4) is 0 Å². The third-order valence-corrected chi connectivity index (χ3v) is 4.63. The van der Waals surface area contributed by atoms with E-state index in [1.165, 1.54) is 20.0 Å². The molecule has 4 nitrogen and oxygen atoms in total. The zero-order valence-electron chi connectivity index (χ0n) is 11.0. The third-order valence-electron chi connectivity index (χ3n) is 4.63. The number of carbonyl (C=O) groups is 1. The summed E-state index contributed by atoms with van der Waals surface area (Å²) < 4.78 is 17.3. The van der Waals surface area contributed by atoms with Gasteiger partial charge in [-0.05, 0) is 25.7 Å². The van der Waals surface area contributed by atoms with Crippen LogP contribution in [0.1, 0.15) is 51.4 Å². The van der Waals surface area contributed by atoms with Crippen molar-refractivity contribution in [3.63, 3.8) is 0 Å². The molecule has 0 aromatic heterocycles. The molecule has 3 aliphatic rings. The molecular formula is C14H22O4. The van der Waals surface area contributed by atoms with Crippen molar-refractivity contribution in [2.75, 3.05) is 7.11 Å². The van der Waals surface area contributed by atoms with Crippen molar-refractivity contribution in [2.45, 2.75) is 69.4 Å². The zero-order valence-corrected chi connectivity index (χ0v) is 11.0. The maximum absolute atomic E-state index is 12.0. The van der Waals surface area contributed by atoms with E-state index < -0.39 is 5.79 Å². The molecule has 1 heterocycles. The second-order valence-corrected chi connectivity index (χ2v) is 5.73. The molecular weight excluding hydrogens is 232 g/mol. The van der Waals surface area contributed by atoms with Gasteiger partial charge < -0.3 is 14.2 Å². The van der Waals surface area contributed by atoms with Crippen molar-refractivity contribution in [3.05, 3.63) is 0 Å². The van der Waals surface area contributed by atoms with E-state index in [2.05, 4.69) is 0 Å². The number of hydrogen-bond acceptors (Lipinski definition) is 4. The standard InChI is InChI=1S/C14H22O4/c1-16-13(15)10-6-4-5-9-14(10)17-11-7-2-3-8-12(11)18-14/h10-12H,2-9H2,1H3/t10?,11-,12-/m0/s1. The molecule has 18 heavy (non-hydrogen) atoms. The molecule has 1 aliphatic heterocycles. The first-order valence-electron chi connectivity index (χ1n) is 7.19. The lowest BCUT2D eigenvalue weighted by molar-refractivity contribution is -0.232. The Morgan fingerprint density at radius 1 is 1.06 bits per heavy atom. The highest BCUT2D eigenvalue weighted by Crippen LogP contribution is 2.47. The molecule has 0 aromatic rings. The minimum Gasteiger partial charge on any atom is -0.469 e. The van der Waals surface area contributed by atoms with Crippen molar-refractivity contribution in [1.29, 1.82) is 0 Å². The summed E-state index contributed by atoms with van der Waals surface area (Å²) in [5.74, 6) is -1.08. The van der Waals surface area contributed by atoms with Crippen molar-refractivity contribution in [3.8, 4) is 0 Å². The fourth-order valence-corrected chi connectivity index (χ4v) is 3.71. The van der Waals surface area contributed by atoms with E-state index in [0.717, 1.165) is 38.5 Å². The summed E-state index contributed by atoms with van der Waals surface area (Å²) in [5, 5.41) is 0. The van der Waals surface area contributed by atoms with E-state index in [-0.39, 0.29) is 24.1 Å². The van der Waals surface area contributed by atoms with Gasteiger partial charge in [0.1, 0.15) is 5.92 Å². The average molecular weight is 254 g/mol. The summed E-state index contributed by atoms with van der Waals surface area (Å²) in [6.07, 6.45) is 8.75. The van der Waals surface area contributed by atoms with Gasteiger partial charge in [0.25, 0.3) is 0 Å². The maximum Gasteiger partial charge on any atom is 0.314 e. The Balaban J connectivity index is 1.81. The van der Waals surface area contributed by atoms with Crippen LogP contribution in [0.15, 0.2) is 0 Å². The lowest BCUT2D eigenvalue weighted by Crippen LogP contribution is -2.46. The average Bonchev–Trinajstić information content (AvgIpc) is 2.76. The monoisotopic (exact) mass is 254 g/mol. The van der Waals surface area contributed by atoms with Gasteiger partial charge in [-0.3, -0.25) is 4.79 Å². The summed E-state index contributed by atoms with van der Waals surface area (Å²) in [5.41, 5.74) is 0. The Labute approximate surface area is 108 Å². The number of esters is 1. The highest BCUT2D eigenvalue weighted by atomic mass is 16.8. The summed E-state index contributed by atoms with van der Waals surface area (Å²) in [6.45, 7) is 0. The first-order valence-corrected chi connectivity index (χ1v) is 7.19. The van der Waals surface area contributed by atoms with Gasteiger partial charge in [0, 0.05) is 6.42 Å². The van der Waals surface area contributed by atoms with Crippen LogP contribution in [0, 0.1) is 5.92 Å². The Morgan fingerprint density at radius 3 is 2.28 bits per heavy atom. The van der Waals surface area contributed by atoms with Crippen LogP contribution in [0.5, 0.6) is 0 Å². The van der Waals surface area contributed by atoms with E-state index in [9.17, 15) is 4.79 Å². The van der Waals surface area contributed by atoms with Crippen LogP contribution in [0.2, 0.25) is 0 Å². The van der Waals surface area contributed by atoms with Crippen LogP contribution in [0.4, 0.5) is 0 Å². The topological polar surface area (TPSA) is 44.8 Å². The number of methoxy groups -OCH3 is 1. The van der Waals surface area contributed by atoms with Crippen molar-refractivity contribution >= 4 is 5.97 Å². The lowest BCUT2D eigenvalue weighted by Gasteiger charge is -2.38. The zero-order chi connectivity index (χ0) is 12.6. The van der Waals surface area contributed by atoms with Gasteiger partial charge in [-0.15, -0.1) is 0 Å². The summed E-state index contributed by atoms with van der Waals surface area (Å²) in [6, 6.07) is 0. The van der Waals surface area contributed by atoms with Crippen molar-refractivity contribution in [2.24, 2.45) is 5.92 Å². The van der Waals surface area contributed by atoms with E-state index in [1.807, 2.05) is 0 Å². The Kier molecular flexibility index (Phi) is 3.32. The highest BCUT2D eigenvalue weighted by molar-refractivity contribution is 5.73. The largest absolute Gasteiger partial charge is 0.469 e. The molecule has 2 saturated carbocycles. The van der Waals surface area contributed by atoms with Gasteiger partial charge in [-0.25, -0.2) is 0 Å². The van der Waals surface area contributed by atoms with Crippen LogP contribution in [-0.4, -0.2) is 31.1 Å². The fourth-order valence-electron chi connectivity index (χ4n) is 3.71. The van der Waals surface area contributed by atoms with E-state index in [4.69, 9.17) is 14.2 Å². The number of hydrogen-bond donors (Lipinski definition) is 0. The van der Waals surface area contributed by atoms with Gasteiger partial charge in [-0.2, -0.15) is 0 Å². The Hall–Kier alpha value is -0.610. The summed E-state index contributed by atoms with van der Waals surface area (Å²) in [7, 11) is 1.45. The minimum absolute atomic E-state index is 0.173. The molecule has 0 radical (unpaired) electrons. The van der Waals surface area contributed by atoms with Gasteiger partial charge in [0.15, 0.2) is 5.79 Å². The predicted octanol–water partition coefficient (Wildman–Crippen LogP) is 2.40. The molecule has 102 valence electrons. The Morgan fingerprint density at radius 2 is 1.67 bits per heavy atom. The first-order chi connectivity index (χ1) is 8.75. The molecule has 0 aromatic carbocycles. The highest BCUT2D eigenvalue weighted by Gasteiger charge is 2.56. The van der Waals surface area contributed by atoms with Crippen molar-refractivity contribution in [1.82, 2.24) is 0 Å². The van der Waals surface area contributed by atoms with E-state index in [1.54, 1.807) is 0 Å². The van der Waals surface area contributed by atoms with Gasteiger partial charge in [0.2, 0.25) is 0 Å². The van der Waals surface area contributed by atoms with Crippen molar-refractivity contribution < 1.29 is 19.0 Å². The minimum atomic E-state index is -0.676. The molecule has 0 amide bonds. The number of ether oxygens (including phenoxy) is 3. The molecule has 3 fully saturated rings. The molecule has 2 aliphatic carbocycles. The SMILES string of the molecule is COC(=O)C1CCCCC12O[C@H]1CCCC[C@@H]1O2. The summed E-state index contributed by atoms with van der Waals surface area (Å²) in [4.78, 5) is 12.0. The second-order valence-electron chi connectivity index (χ2n) is 5.73. The fraction of sp³-hybridized carbons (Fsp3) is 0.929. The second kappa shape index (κ2) is 4.82. The van der Waals surface area contributed by atoms with Crippen LogP contribution >= 0.6 is 0 Å². The molecule has 1 spiro atoms. The Bertz CT molecular complexity index is 314. The van der Waals surface area contributed by atoms with Gasteiger partial charge in [0.05, 0.1) is 19.3 Å². The van der Waals surface area contributed by atoms with Crippen LogP contribution in [0.25, 0.3) is 0 Å². The molecule has 0 bridgehead atoms. The van der Waals surface area contributed by atoms with Gasteiger partial charge >= 0.3 is 5.97 Å². The number of fused-ring (bicyclic) bond motifs is 1. The molecule has 0 N–H and O–H groups in total. The molecule has 3 rings (SSSR count). The van der Waals surface area contributed by atoms with Crippen LogP contribution in [-0.2, 0) is 19.0 Å². The smallest absolute Gasteiger partial charge is 0.314 e. The number of carbonyl (C=O) groups excluding carboxylic acids is 1. The predicted molar refractivity (Wildman–Crippen MR) is 64.9 cm³/mol. The molecule has 1 saturated heterocycles. The van der Waals surface area contributed by atoms with E-state index >= 15 is 0 Å². The lowest BCUT2D eigenvalue weighted by atomic mass is 9.83. The summed E-state index contributed by atoms with van der Waals surface area (Å²) >= 11 is 0. The van der Waals surface area contributed by atoms with E-state index in [0.29, 0.717) is 0 Å². The maximum atomic E-state index is 12.0. The van der Waals surface area contributed by atoms with Crippen LogP contribution < -0.4 is 0 Å². The molecule has 3 atom stereocenters. The first kappa shape index (κ1) is 12.4. The molecule has 1 unspecified atom stereocenters. The third kappa shape index (κ3) is 1.95. The quantitative estimate of drug-likeness (QED) is 0.674. The normalized spacial score (nSPS) is 38.4. The van der Waals surface area contributed by atoms with Gasteiger partial charge in [-0.1, -0.05) is 19.3 Å².